The van der Waals surface area contributed by atoms with Crippen molar-refractivity contribution in [2.24, 2.45) is 5.92 Å². The van der Waals surface area contributed by atoms with Crippen LogP contribution in [0, 0.1) is 5.92 Å². The lowest BCUT2D eigenvalue weighted by Gasteiger charge is -2.36. The van der Waals surface area contributed by atoms with Crippen LogP contribution in [0.15, 0.2) is 29.0 Å². The zero-order chi connectivity index (χ0) is 14.9. The molecule has 0 bridgehead atoms. The largest absolute Gasteiger partial charge is 0.370 e. The van der Waals surface area contributed by atoms with E-state index in [4.69, 9.17) is 0 Å². The molecule has 2 fully saturated rings. The third-order valence-electron chi connectivity index (χ3n) is 5.07. The maximum Gasteiger partial charge on any atom is 0.112 e. The molecule has 2 saturated heterocycles. The summed E-state index contributed by atoms with van der Waals surface area (Å²) >= 11 is 3.48. The molecule has 4 rings (SSSR count). The summed E-state index contributed by atoms with van der Waals surface area (Å²) in [5, 5.41) is 3.67. The zero-order valence-corrected chi connectivity index (χ0v) is 14.2. The molecule has 0 saturated carbocycles. The summed E-state index contributed by atoms with van der Waals surface area (Å²) in [6, 6.07) is 4.91. The van der Waals surface area contributed by atoms with Crippen LogP contribution in [0.25, 0.3) is 11.0 Å². The minimum atomic E-state index is 0.755. The van der Waals surface area contributed by atoms with Crippen molar-refractivity contribution in [3.05, 3.63) is 29.0 Å². The highest BCUT2D eigenvalue weighted by Gasteiger charge is 2.28. The molecule has 1 N–H and O–H groups in total. The van der Waals surface area contributed by atoms with Crippen LogP contribution in [-0.4, -0.2) is 35.6 Å². The van der Waals surface area contributed by atoms with Crippen molar-refractivity contribution in [3.8, 4) is 0 Å². The van der Waals surface area contributed by atoms with E-state index in [9.17, 15) is 0 Å². The summed E-state index contributed by atoms with van der Waals surface area (Å²) in [4.78, 5) is 11.5. The molecule has 5 heteroatoms. The molecule has 2 aromatic rings. The topological polar surface area (TPSA) is 41.1 Å². The monoisotopic (exact) mass is 360 g/mol. The van der Waals surface area contributed by atoms with Gasteiger partial charge in [0.1, 0.15) is 5.52 Å². The fourth-order valence-electron chi connectivity index (χ4n) is 3.90. The fourth-order valence-corrected chi connectivity index (χ4v) is 4.22. The molecule has 1 unspecified atom stereocenters. The molecule has 2 aliphatic rings. The summed E-state index contributed by atoms with van der Waals surface area (Å²) in [6.07, 6.45) is 9.02. The van der Waals surface area contributed by atoms with Crippen molar-refractivity contribution in [1.82, 2.24) is 15.3 Å². The molecule has 0 radical (unpaired) electrons. The Morgan fingerprint density at radius 3 is 2.82 bits per heavy atom. The van der Waals surface area contributed by atoms with Gasteiger partial charge in [-0.2, -0.15) is 0 Å². The lowest BCUT2D eigenvalue weighted by Crippen LogP contribution is -2.41. The molecule has 2 aromatic heterocycles. The molecule has 0 amide bonds. The predicted octanol–water partition coefficient (Wildman–Crippen LogP) is 3.36. The number of nitrogens with zero attached hydrogens (tertiary/aromatic N) is 3. The van der Waals surface area contributed by atoms with E-state index in [0.717, 1.165) is 40.6 Å². The third kappa shape index (κ3) is 2.72. The number of nitrogens with one attached hydrogen (secondary N) is 1. The van der Waals surface area contributed by atoms with Crippen molar-refractivity contribution in [3.63, 3.8) is 0 Å². The second-order valence-corrected chi connectivity index (χ2v) is 7.29. The third-order valence-corrected chi connectivity index (χ3v) is 5.50. The predicted molar refractivity (Wildman–Crippen MR) is 93.2 cm³/mol. The minimum Gasteiger partial charge on any atom is -0.370 e. The van der Waals surface area contributed by atoms with Crippen molar-refractivity contribution in [2.75, 3.05) is 24.5 Å². The second-order valence-electron chi connectivity index (χ2n) is 6.38. The van der Waals surface area contributed by atoms with Gasteiger partial charge in [-0.3, -0.25) is 9.97 Å². The Morgan fingerprint density at radius 2 is 2.05 bits per heavy atom. The number of hydrogen-bond acceptors (Lipinski definition) is 4. The highest BCUT2D eigenvalue weighted by atomic mass is 79.9. The second kappa shape index (κ2) is 6.13. The molecule has 1 atom stereocenters. The molecule has 0 aromatic carbocycles. The number of pyridine rings is 2. The van der Waals surface area contributed by atoms with Crippen LogP contribution < -0.4 is 10.2 Å². The Bertz CT molecular complexity index is 661. The summed E-state index contributed by atoms with van der Waals surface area (Å²) in [7, 11) is 0. The Morgan fingerprint density at radius 1 is 1.18 bits per heavy atom. The van der Waals surface area contributed by atoms with E-state index in [1.165, 1.54) is 37.9 Å². The first-order valence-electron chi connectivity index (χ1n) is 8.20. The first kappa shape index (κ1) is 14.4. The van der Waals surface area contributed by atoms with E-state index < -0.39 is 0 Å². The molecular formula is C17H21BrN4. The molecule has 22 heavy (non-hydrogen) atoms. The Labute approximate surface area is 139 Å². The number of anilines is 1. The van der Waals surface area contributed by atoms with Gasteiger partial charge in [-0.1, -0.05) is 0 Å². The summed E-state index contributed by atoms with van der Waals surface area (Å²) < 4.78 is 0.982. The van der Waals surface area contributed by atoms with Crippen LogP contribution >= 0.6 is 15.9 Å². The molecule has 0 aliphatic carbocycles. The maximum atomic E-state index is 4.59. The first-order valence-corrected chi connectivity index (χ1v) is 8.99. The quantitative estimate of drug-likeness (QED) is 0.891. The number of rotatable bonds is 2. The molecule has 2 aliphatic heterocycles. The van der Waals surface area contributed by atoms with Gasteiger partial charge in [-0.25, -0.2) is 0 Å². The maximum absolute atomic E-state index is 4.59. The van der Waals surface area contributed by atoms with E-state index in [-0.39, 0.29) is 0 Å². The average molecular weight is 361 g/mol. The Hall–Kier alpha value is -1.20. The average Bonchev–Trinajstić information content (AvgIpc) is 3.09. The smallest absolute Gasteiger partial charge is 0.112 e. The van der Waals surface area contributed by atoms with Crippen LogP contribution in [0.5, 0.6) is 0 Å². The SMILES string of the molecule is Brc1cnc2c(N3CCC(C4CCCN4)CC3)ccnc2c1. The molecule has 0 spiro atoms. The van der Waals surface area contributed by atoms with E-state index in [2.05, 4.69) is 42.2 Å². The Kier molecular flexibility index (Phi) is 4.01. The fraction of sp³-hybridized carbons (Fsp3) is 0.529. The summed E-state index contributed by atoms with van der Waals surface area (Å²) in [5.74, 6) is 0.842. The van der Waals surface area contributed by atoms with E-state index >= 15 is 0 Å². The van der Waals surface area contributed by atoms with Gasteiger partial charge in [0.05, 0.1) is 11.2 Å². The van der Waals surface area contributed by atoms with Crippen molar-refractivity contribution < 1.29 is 0 Å². The normalized spacial score (nSPS) is 23.3. The number of fused-ring (bicyclic) bond motifs is 1. The van der Waals surface area contributed by atoms with Gasteiger partial charge in [0.2, 0.25) is 0 Å². The molecule has 4 heterocycles. The summed E-state index contributed by atoms with van der Waals surface area (Å²) in [5.41, 5.74) is 3.21. The van der Waals surface area contributed by atoms with Crippen LogP contribution in [0.4, 0.5) is 5.69 Å². The zero-order valence-electron chi connectivity index (χ0n) is 12.6. The van der Waals surface area contributed by atoms with Crippen LogP contribution in [-0.2, 0) is 0 Å². The lowest BCUT2D eigenvalue weighted by atomic mass is 9.88. The standard InChI is InChI=1S/C17H21BrN4/c18-13-10-15-17(21-11-13)16(3-7-20-15)22-8-4-12(5-9-22)14-2-1-6-19-14/h3,7,10-12,14,19H,1-2,4-6,8-9H2. The molecule has 116 valence electrons. The Balaban J connectivity index is 1.53. The van der Waals surface area contributed by atoms with E-state index in [1.807, 2.05) is 18.5 Å². The lowest BCUT2D eigenvalue weighted by molar-refractivity contribution is 0.319. The van der Waals surface area contributed by atoms with E-state index in [0.29, 0.717) is 0 Å². The number of hydrogen-bond donors (Lipinski definition) is 1. The van der Waals surface area contributed by atoms with Gasteiger partial charge in [0.15, 0.2) is 0 Å². The van der Waals surface area contributed by atoms with Crippen molar-refractivity contribution >= 4 is 32.7 Å². The van der Waals surface area contributed by atoms with Crippen molar-refractivity contribution in [1.29, 1.82) is 0 Å². The van der Waals surface area contributed by atoms with Gasteiger partial charge < -0.3 is 10.2 Å². The highest BCUT2D eigenvalue weighted by Crippen LogP contribution is 2.31. The number of piperidine rings is 1. The number of halogens is 1. The van der Waals surface area contributed by atoms with Gasteiger partial charge in [0, 0.05) is 36.0 Å². The van der Waals surface area contributed by atoms with E-state index in [1.54, 1.807) is 0 Å². The number of aromatic nitrogens is 2. The van der Waals surface area contributed by atoms with Gasteiger partial charge in [0.25, 0.3) is 0 Å². The van der Waals surface area contributed by atoms with Gasteiger partial charge >= 0.3 is 0 Å². The van der Waals surface area contributed by atoms with Crippen molar-refractivity contribution in [2.45, 2.75) is 31.7 Å². The molecular weight excluding hydrogens is 340 g/mol. The molecule has 4 nitrogen and oxygen atoms in total. The van der Waals surface area contributed by atoms with Gasteiger partial charge in [-0.05, 0) is 66.2 Å². The first-order chi connectivity index (χ1) is 10.8. The van der Waals surface area contributed by atoms with Crippen LogP contribution in [0.2, 0.25) is 0 Å². The van der Waals surface area contributed by atoms with Crippen LogP contribution in [0.1, 0.15) is 25.7 Å². The minimum absolute atomic E-state index is 0.755. The van der Waals surface area contributed by atoms with Gasteiger partial charge in [-0.15, -0.1) is 0 Å². The highest BCUT2D eigenvalue weighted by molar-refractivity contribution is 9.10. The summed E-state index contributed by atoms with van der Waals surface area (Å²) in [6.45, 7) is 3.46. The van der Waals surface area contributed by atoms with Crippen LogP contribution in [0.3, 0.4) is 0 Å².